The Morgan fingerprint density at radius 3 is 2.20 bits per heavy atom. The zero-order chi connectivity index (χ0) is 15.3. The molecule has 1 aliphatic carbocycles. The molecule has 0 saturated carbocycles. The minimum absolute atomic E-state index is 0.648. The van der Waals surface area contributed by atoms with Crippen LogP contribution in [0, 0.1) is 5.92 Å². The van der Waals surface area contributed by atoms with E-state index in [0.717, 1.165) is 12.8 Å². The molecule has 0 amide bonds. The van der Waals surface area contributed by atoms with Gasteiger partial charge in [0.15, 0.2) is 0 Å². The molecule has 1 rings (SSSR count). The van der Waals surface area contributed by atoms with Crippen molar-refractivity contribution in [2.75, 3.05) is 0 Å². The summed E-state index contributed by atoms with van der Waals surface area (Å²) in [6.07, 6.45) is 9.23. The molecular formula is C18H34OSi. The summed E-state index contributed by atoms with van der Waals surface area (Å²) < 4.78 is 6.81. The largest absolute Gasteiger partial charge is 0.546 e. The highest BCUT2D eigenvalue weighted by molar-refractivity contribution is 6.77. The summed E-state index contributed by atoms with van der Waals surface area (Å²) in [6, 6.07) is 0. The minimum atomic E-state index is -1.76. The summed E-state index contributed by atoms with van der Waals surface area (Å²) in [6.45, 7) is 18.0. The number of allylic oxidation sites excluding steroid dienone is 3. The third kappa shape index (κ3) is 3.78. The van der Waals surface area contributed by atoms with E-state index < -0.39 is 8.32 Å². The Balaban J connectivity index is 2.97. The van der Waals surface area contributed by atoms with Gasteiger partial charge in [-0.05, 0) is 47.9 Å². The van der Waals surface area contributed by atoms with Crippen molar-refractivity contribution in [2.24, 2.45) is 5.92 Å². The lowest BCUT2D eigenvalue weighted by Crippen LogP contribution is -2.47. The van der Waals surface area contributed by atoms with Crippen molar-refractivity contribution in [2.45, 2.75) is 83.8 Å². The van der Waals surface area contributed by atoms with E-state index in [2.05, 4.69) is 54.2 Å². The highest BCUT2D eigenvalue weighted by Gasteiger charge is 2.47. The van der Waals surface area contributed by atoms with E-state index in [1.165, 1.54) is 18.6 Å². The monoisotopic (exact) mass is 294 g/mol. The Hall–Kier alpha value is -0.503. The minimum Gasteiger partial charge on any atom is -0.546 e. The van der Waals surface area contributed by atoms with Gasteiger partial charge in [0.2, 0.25) is 0 Å². The van der Waals surface area contributed by atoms with E-state index in [1.807, 2.05) is 6.08 Å². The fraction of sp³-hybridized carbons (Fsp3) is 0.778. The molecule has 0 heterocycles. The summed E-state index contributed by atoms with van der Waals surface area (Å²) >= 11 is 0. The third-order valence-electron chi connectivity index (χ3n) is 4.90. The maximum atomic E-state index is 6.81. The highest BCUT2D eigenvalue weighted by Crippen LogP contribution is 2.44. The van der Waals surface area contributed by atoms with Crippen LogP contribution in [0.4, 0.5) is 0 Å². The number of hydrogen-bond acceptors (Lipinski definition) is 1. The maximum Gasteiger partial charge on any atom is 0.258 e. The van der Waals surface area contributed by atoms with Crippen LogP contribution in [0.2, 0.25) is 16.6 Å². The zero-order valence-corrected chi connectivity index (χ0v) is 15.4. The molecule has 1 aliphatic rings. The average molecular weight is 295 g/mol. The van der Waals surface area contributed by atoms with Crippen LogP contribution in [0.1, 0.15) is 67.2 Å². The molecule has 0 bridgehead atoms. The first kappa shape index (κ1) is 17.5. The van der Waals surface area contributed by atoms with Gasteiger partial charge in [0, 0.05) is 6.42 Å². The van der Waals surface area contributed by atoms with Crippen molar-refractivity contribution in [1.82, 2.24) is 0 Å². The van der Waals surface area contributed by atoms with Gasteiger partial charge >= 0.3 is 0 Å². The van der Waals surface area contributed by atoms with E-state index in [0.29, 0.717) is 22.5 Å². The van der Waals surface area contributed by atoms with Crippen LogP contribution in [0.25, 0.3) is 0 Å². The molecule has 0 saturated heterocycles. The molecule has 0 radical (unpaired) electrons. The standard InChI is InChI=1S/C18H34OSi/c1-8-10-17-11-9-12-18(13-17)19-20(14(2)3,15(4)5)16(6)7/h8,13-17H,1,9-12H2,2-7H3. The molecule has 116 valence electrons. The smallest absolute Gasteiger partial charge is 0.258 e. The quantitative estimate of drug-likeness (QED) is 0.388. The summed E-state index contributed by atoms with van der Waals surface area (Å²) in [5.74, 6) is 1.93. The van der Waals surface area contributed by atoms with Gasteiger partial charge in [-0.1, -0.05) is 47.6 Å². The van der Waals surface area contributed by atoms with Crippen molar-refractivity contribution < 1.29 is 4.43 Å². The Morgan fingerprint density at radius 1 is 1.20 bits per heavy atom. The molecule has 0 aromatic rings. The van der Waals surface area contributed by atoms with Crippen molar-refractivity contribution in [1.29, 1.82) is 0 Å². The van der Waals surface area contributed by atoms with Crippen molar-refractivity contribution in [3.63, 3.8) is 0 Å². The average Bonchev–Trinajstić information content (AvgIpc) is 2.35. The fourth-order valence-electron chi connectivity index (χ4n) is 4.03. The van der Waals surface area contributed by atoms with Gasteiger partial charge in [-0.2, -0.15) is 0 Å². The Morgan fingerprint density at radius 2 is 1.75 bits per heavy atom. The first-order valence-corrected chi connectivity index (χ1v) is 10.5. The van der Waals surface area contributed by atoms with Crippen molar-refractivity contribution in [3.8, 4) is 0 Å². The van der Waals surface area contributed by atoms with Gasteiger partial charge in [0.1, 0.15) is 0 Å². The van der Waals surface area contributed by atoms with Gasteiger partial charge in [-0.15, -0.1) is 6.58 Å². The molecule has 2 heteroatoms. The molecule has 20 heavy (non-hydrogen) atoms. The van der Waals surface area contributed by atoms with Crippen LogP contribution >= 0.6 is 0 Å². The van der Waals surface area contributed by atoms with E-state index in [4.69, 9.17) is 4.43 Å². The molecule has 1 nitrogen and oxygen atoms in total. The lowest BCUT2D eigenvalue weighted by molar-refractivity contribution is 0.326. The van der Waals surface area contributed by atoms with E-state index in [1.54, 1.807) is 0 Å². The van der Waals surface area contributed by atoms with Crippen LogP contribution in [0.3, 0.4) is 0 Å². The fourth-order valence-corrected chi connectivity index (χ4v) is 9.37. The summed E-state index contributed by atoms with van der Waals surface area (Å²) in [5.41, 5.74) is 1.97. The second kappa shape index (κ2) is 7.49. The summed E-state index contributed by atoms with van der Waals surface area (Å²) in [5, 5.41) is 0. The van der Waals surface area contributed by atoms with E-state index in [-0.39, 0.29) is 0 Å². The molecule has 0 aliphatic heterocycles. The second-order valence-corrected chi connectivity index (χ2v) is 12.6. The van der Waals surface area contributed by atoms with Gasteiger partial charge in [0.25, 0.3) is 8.32 Å². The predicted molar refractivity (Wildman–Crippen MR) is 92.4 cm³/mol. The van der Waals surface area contributed by atoms with Crippen molar-refractivity contribution >= 4 is 8.32 Å². The summed E-state index contributed by atoms with van der Waals surface area (Å²) in [7, 11) is -1.76. The molecular weight excluding hydrogens is 260 g/mol. The lowest BCUT2D eigenvalue weighted by Gasteiger charge is -2.43. The van der Waals surface area contributed by atoms with Crippen molar-refractivity contribution in [3.05, 3.63) is 24.5 Å². The van der Waals surface area contributed by atoms with E-state index in [9.17, 15) is 0 Å². The Kier molecular flexibility index (Phi) is 6.57. The van der Waals surface area contributed by atoms with Crippen LogP contribution in [-0.2, 0) is 4.43 Å². The maximum absolute atomic E-state index is 6.81. The van der Waals surface area contributed by atoms with Crippen LogP contribution in [-0.4, -0.2) is 8.32 Å². The molecule has 0 aromatic carbocycles. The zero-order valence-electron chi connectivity index (χ0n) is 14.4. The molecule has 0 aromatic heterocycles. The third-order valence-corrected chi connectivity index (χ3v) is 10.9. The van der Waals surface area contributed by atoms with E-state index >= 15 is 0 Å². The topological polar surface area (TPSA) is 9.23 Å². The molecule has 1 atom stereocenters. The van der Waals surface area contributed by atoms with Gasteiger partial charge in [0.05, 0.1) is 5.76 Å². The van der Waals surface area contributed by atoms with Gasteiger partial charge < -0.3 is 4.43 Å². The predicted octanol–water partition coefficient (Wildman–Crippen LogP) is 6.44. The Labute approximate surface area is 127 Å². The first-order valence-electron chi connectivity index (χ1n) is 8.35. The van der Waals surface area contributed by atoms with Gasteiger partial charge in [-0.3, -0.25) is 0 Å². The van der Waals surface area contributed by atoms with Crippen LogP contribution < -0.4 is 0 Å². The highest BCUT2D eigenvalue weighted by atomic mass is 28.4. The van der Waals surface area contributed by atoms with Crippen LogP contribution in [0.15, 0.2) is 24.5 Å². The number of rotatable bonds is 7. The lowest BCUT2D eigenvalue weighted by atomic mass is 9.92. The SMILES string of the molecule is C=CCC1C=C(O[Si](C(C)C)(C(C)C)C(C)C)CCC1. The Bertz CT molecular complexity index is 320. The first-order chi connectivity index (χ1) is 9.34. The summed E-state index contributed by atoms with van der Waals surface area (Å²) in [4.78, 5) is 0. The molecule has 1 unspecified atom stereocenters. The van der Waals surface area contributed by atoms with Crippen LogP contribution in [0.5, 0.6) is 0 Å². The number of hydrogen-bond donors (Lipinski definition) is 0. The molecule has 0 spiro atoms. The molecule has 0 fully saturated rings. The normalized spacial score (nSPS) is 20.4. The van der Waals surface area contributed by atoms with Gasteiger partial charge in [-0.25, -0.2) is 0 Å². The second-order valence-electron chi connectivity index (χ2n) is 7.23. The molecule has 0 N–H and O–H groups in total.